The molecule has 1 N–H and O–H groups in total. The fourth-order valence-corrected chi connectivity index (χ4v) is 4.88. The molecule has 1 saturated heterocycles. The summed E-state index contributed by atoms with van der Waals surface area (Å²) in [6.45, 7) is 9.80. The molecule has 1 aromatic carbocycles. The van der Waals surface area contributed by atoms with Gasteiger partial charge in [-0.25, -0.2) is 0 Å². The average Bonchev–Trinajstić information content (AvgIpc) is 3.08. The molecule has 7 nitrogen and oxygen atoms in total. The zero-order valence-corrected chi connectivity index (χ0v) is 19.3. The lowest BCUT2D eigenvalue weighted by Crippen LogP contribution is -2.35. The van der Waals surface area contributed by atoms with E-state index in [9.17, 15) is 9.59 Å². The number of hydrogen-bond acceptors (Lipinski definition) is 4. The lowest BCUT2D eigenvalue weighted by atomic mass is 10.1. The van der Waals surface area contributed by atoms with Gasteiger partial charge < -0.3 is 14.8 Å². The minimum atomic E-state index is -0.401. The summed E-state index contributed by atoms with van der Waals surface area (Å²) in [4.78, 5) is 28.6. The number of hydrogen-bond donors (Lipinski definition) is 1. The van der Waals surface area contributed by atoms with Crippen molar-refractivity contribution in [3.63, 3.8) is 0 Å². The summed E-state index contributed by atoms with van der Waals surface area (Å²) < 4.78 is 3.38. The number of fused-ring (bicyclic) bond motifs is 1. The maximum absolute atomic E-state index is 13.3. The second-order valence-corrected chi connectivity index (χ2v) is 8.75. The maximum atomic E-state index is 13.3. The first kappa shape index (κ1) is 22.3. The standard InChI is InChI=1S/C25H33N5O2/c1-18-22-17-27-30(21-11-6-4-7-12-21)25(32)23(22)19(2)29(18)20(3)24(31)26-13-10-16-28-14-8-5-9-15-28/h4,6-7,11-12,17,20H,5,8-10,13-16H2,1-3H3,(H,26,31). The van der Waals surface area contributed by atoms with E-state index in [-0.39, 0.29) is 11.5 Å². The summed E-state index contributed by atoms with van der Waals surface area (Å²) in [7, 11) is 0. The predicted molar refractivity (Wildman–Crippen MR) is 127 cm³/mol. The van der Waals surface area contributed by atoms with Crippen molar-refractivity contribution in [1.82, 2.24) is 24.6 Å². The molecule has 3 heterocycles. The van der Waals surface area contributed by atoms with Gasteiger partial charge in [0.25, 0.3) is 5.56 Å². The SMILES string of the molecule is Cc1c2cnn(-c3ccccc3)c(=O)c2c(C)n1C(C)C(=O)NCCCN1CCCCC1. The second kappa shape index (κ2) is 9.69. The Morgan fingerprint density at radius 2 is 1.81 bits per heavy atom. The van der Waals surface area contributed by atoms with Crippen molar-refractivity contribution in [2.75, 3.05) is 26.2 Å². The lowest BCUT2D eigenvalue weighted by Gasteiger charge is -2.26. The van der Waals surface area contributed by atoms with Gasteiger partial charge in [0.1, 0.15) is 6.04 Å². The number of aromatic nitrogens is 3. The molecule has 0 radical (unpaired) electrons. The van der Waals surface area contributed by atoms with E-state index in [0.29, 0.717) is 11.9 Å². The Kier molecular flexibility index (Phi) is 6.74. The van der Waals surface area contributed by atoms with Crippen LogP contribution in [0.25, 0.3) is 16.5 Å². The van der Waals surface area contributed by atoms with E-state index in [4.69, 9.17) is 0 Å². The van der Waals surface area contributed by atoms with Crippen LogP contribution >= 0.6 is 0 Å². The zero-order valence-electron chi connectivity index (χ0n) is 19.3. The summed E-state index contributed by atoms with van der Waals surface area (Å²) in [6, 6.07) is 9.00. The number of carbonyl (C=O) groups excluding carboxylic acids is 1. The molecule has 1 fully saturated rings. The number of carbonyl (C=O) groups is 1. The van der Waals surface area contributed by atoms with Crippen molar-refractivity contribution in [3.8, 4) is 5.69 Å². The number of likely N-dealkylation sites (tertiary alicyclic amines) is 1. The Hall–Kier alpha value is -2.93. The highest BCUT2D eigenvalue weighted by molar-refractivity contribution is 5.89. The summed E-state index contributed by atoms with van der Waals surface area (Å²) in [5.41, 5.74) is 2.25. The van der Waals surface area contributed by atoms with Gasteiger partial charge in [-0.2, -0.15) is 9.78 Å². The van der Waals surface area contributed by atoms with Crippen molar-refractivity contribution >= 4 is 16.7 Å². The van der Waals surface area contributed by atoms with Crippen molar-refractivity contribution in [3.05, 3.63) is 58.3 Å². The van der Waals surface area contributed by atoms with E-state index in [1.165, 1.54) is 37.0 Å². The fourth-order valence-electron chi connectivity index (χ4n) is 4.88. The van der Waals surface area contributed by atoms with Gasteiger partial charge in [-0.3, -0.25) is 9.59 Å². The first-order valence-corrected chi connectivity index (χ1v) is 11.6. The topological polar surface area (TPSA) is 72.2 Å². The van der Waals surface area contributed by atoms with E-state index < -0.39 is 6.04 Å². The monoisotopic (exact) mass is 435 g/mol. The molecular weight excluding hydrogens is 402 g/mol. The smallest absolute Gasteiger partial charge is 0.281 e. The minimum absolute atomic E-state index is 0.0218. The Morgan fingerprint density at radius 3 is 2.53 bits per heavy atom. The van der Waals surface area contributed by atoms with Crippen molar-refractivity contribution in [2.45, 2.75) is 52.5 Å². The van der Waals surface area contributed by atoms with Crippen LogP contribution in [0.3, 0.4) is 0 Å². The molecule has 2 aromatic heterocycles. The number of rotatable bonds is 7. The quantitative estimate of drug-likeness (QED) is 0.578. The van der Waals surface area contributed by atoms with Crippen LogP contribution in [0, 0.1) is 13.8 Å². The van der Waals surface area contributed by atoms with E-state index in [1.54, 1.807) is 6.20 Å². The van der Waals surface area contributed by atoms with Crippen LogP contribution in [0.2, 0.25) is 0 Å². The number of amides is 1. The molecule has 1 unspecified atom stereocenters. The molecule has 170 valence electrons. The average molecular weight is 436 g/mol. The summed E-state index contributed by atoms with van der Waals surface area (Å²) in [6.07, 6.45) is 6.58. The van der Waals surface area contributed by atoms with Gasteiger partial charge in [-0.05, 0) is 71.8 Å². The first-order chi connectivity index (χ1) is 15.5. The molecule has 1 aliphatic rings. The van der Waals surface area contributed by atoms with Gasteiger partial charge in [0.15, 0.2) is 0 Å². The first-order valence-electron chi connectivity index (χ1n) is 11.6. The zero-order chi connectivity index (χ0) is 22.7. The highest BCUT2D eigenvalue weighted by Crippen LogP contribution is 2.26. The van der Waals surface area contributed by atoms with Crippen LogP contribution in [0.4, 0.5) is 0 Å². The molecular formula is C25H33N5O2. The van der Waals surface area contributed by atoms with Gasteiger partial charge >= 0.3 is 0 Å². The lowest BCUT2D eigenvalue weighted by molar-refractivity contribution is -0.123. The molecule has 0 spiro atoms. The van der Waals surface area contributed by atoms with E-state index >= 15 is 0 Å². The predicted octanol–water partition coefficient (Wildman–Crippen LogP) is 3.36. The molecule has 1 atom stereocenters. The molecule has 7 heteroatoms. The molecule has 32 heavy (non-hydrogen) atoms. The Balaban J connectivity index is 1.51. The largest absolute Gasteiger partial charge is 0.354 e. The van der Waals surface area contributed by atoms with Gasteiger partial charge in [0.2, 0.25) is 5.91 Å². The van der Waals surface area contributed by atoms with Crippen molar-refractivity contribution in [2.24, 2.45) is 0 Å². The normalized spacial score (nSPS) is 15.7. The summed E-state index contributed by atoms with van der Waals surface area (Å²) in [5, 5.41) is 8.89. The number of aryl methyl sites for hydroxylation is 2. The van der Waals surface area contributed by atoms with Crippen LogP contribution in [0.5, 0.6) is 0 Å². The van der Waals surface area contributed by atoms with Crippen LogP contribution in [0.15, 0.2) is 41.3 Å². The number of nitrogens with zero attached hydrogens (tertiary/aromatic N) is 4. The third-order valence-corrected chi connectivity index (χ3v) is 6.62. The van der Waals surface area contributed by atoms with Crippen molar-refractivity contribution < 1.29 is 4.79 Å². The highest BCUT2D eigenvalue weighted by atomic mass is 16.2. The third kappa shape index (κ3) is 4.35. The molecule has 0 aliphatic carbocycles. The maximum Gasteiger partial charge on any atom is 0.281 e. The number of para-hydroxylation sites is 1. The number of nitrogens with one attached hydrogen (secondary N) is 1. The molecule has 4 rings (SSSR count). The van der Waals surface area contributed by atoms with Gasteiger partial charge in [-0.15, -0.1) is 0 Å². The van der Waals surface area contributed by atoms with E-state index in [1.807, 2.05) is 55.7 Å². The molecule has 0 saturated carbocycles. The molecule has 1 amide bonds. The molecule has 1 aliphatic heterocycles. The number of benzene rings is 1. The summed E-state index contributed by atoms with van der Waals surface area (Å²) in [5.74, 6) is -0.0218. The van der Waals surface area contributed by atoms with Crippen LogP contribution in [0.1, 0.15) is 50.0 Å². The third-order valence-electron chi connectivity index (χ3n) is 6.62. The Labute approximate surface area is 189 Å². The van der Waals surface area contributed by atoms with Gasteiger partial charge in [0, 0.05) is 23.3 Å². The highest BCUT2D eigenvalue weighted by Gasteiger charge is 2.23. The Bertz CT molecular complexity index is 1140. The van der Waals surface area contributed by atoms with Crippen molar-refractivity contribution in [1.29, 1.82) is 0 Å². The van der Waals surface area contributed by atoms with Crippen LogP contribution in [-0.2, 0) is 4.79 Å². The van der Waals surface area contributed by atoms with Gasteiger partial charge in [0.05, 0.1) is 17.3 Å². The second-order valence-electron chi connectivity index (χ2n) is 8.75. The minimum Gasteiger partial charge on any atom is -0.354 e. The van der Waals surface area contributed by atoms with Crippen LogP contribution < -0.4 is 10.9 Å². The van der Waals surface area contributed by atoms with E-state index in [2.05, 4.69) is 15.3 Å². The molecule has 3 aromatic rings. The number of piperidine rings is 1. The van der Waals surface area contributed by atoms with E-state index in [0.717, 1.165) is 35.4 Å². The fraction of sp³-hybridized carbons (Fsp3) is 0.480. The van der Waals surface area contributed by atoms with Gasteiger partial charge in [-0.1, -0.05) is 24.6 Å². The van der Waals surface area contributed by atoms with Crippen LogP contribution in [-0.4, -0.2) is 51.3 Å². The Morgan fingerprint density at radius 1 is 1.09 bits per heavy atom. The summed E-state index contributed by atoms with van der Waals surface area (Å²) >= 11 is 0. The molecule has 0 bridgehead atoms.